The molecule has 0 spiro atoms. The van der Waals surface area contributed by atoms with Crippen molar-refractivity contribution in [2.24, 2.45) is 0 Å². The van der Waals surface area contributed by atoms with Crippen LogP contribution in [0.1, 0.15) is 28.8 Å². The first-order valence-corrected chi connectivity index (χ1v) is 18.7. The van der Waals surface area contributed by atoms with Crippen molar-refractivity contribution in [2.45, 2.75) is 31.0 Å². The Labute approximate surface area is 294 Å². The molecular formula is C41H44N6OS. The highest BCUT2D eigenvalue weighted by Crippen LogP contribution is 2.47. The summed E-state index contributed by atoms with van der Waals surface area (Å²) in [6.07, 6.45) is 0.815. The summed E-state index contributed by atoms with van der Waals surface area (Å²) in [6, 6.07) is 45.2. The van der Waals surface area contributed by atoms with Gasteiger partial charge in [-0.05, 0) is 42.2 Å². The second-order valence-corrected chi connectivity index (χ2v) is 14.5. The lowest BCUT2D eigenvalue weighted by atomic mass is 9.75. The highest BCUT2D eigenvalue weighted by Gasteiger charge is 2.53. The molecular weight excluding hydrogens is 625 g/mol. The van der Waals surface area contributed by atoms with Crippen molar-refractivity contribution >= 4 is 23.5 Å². The Kier molecular flexibility index (Phi) is 9.02. The maximum absolute atomic E-state index is 14.7. The number of para-hydroxylation sites is 1. The number of carbonyl (C=O) groups is 1. The summed E-state index contributed by atoms with van der Waals surface area (Å²) < 4.78 is 2.08. The van der Waals surface area contributed by atoms with Crippen LogP contribution < -0.4 is 4.90 Å². The van der Waals surface area contributed by atoms with Gasteiger partial charge >= 0.3 is 0 Å². The van der Waals surface area contributed by atoms with Gasteiger partial charge in [0.25, 0.3) is 0 Å². The molecule has 8 heteroatoms. The van der Waals surface area contributed by atoms with Gasteiger partial charge < -0.3 is 9.80 Å². The molecule has 3 fully saturated rings. The van der Waals surface area contributed by atoms with Gasteiger partial charge in [-0.1, -0.05) is 109 Å². The number of nitrogens with zero attached hydrogens (tertiary/aromatic N) is 6. The molecule has 7 nitrogen and oxygen atoms in total. The van der Waals surface area contributed by atoms with E-state index in [1.165, 1.54) is 16.7 Å². The maximum Gasteiger partial charge on any atom is 0.240 e. The van der Waals surface area contributed by atoms with Gasteiger partial charge in [-0.15, -0.1) is 11.8 Å². The van der Waals surface area contributed by atoms with Gasteiger partial charge in [-0.3, -0.25) is 14.6 Å². The lowest BCUT2D eigenvalue weighted by Crippen LogP contribution is -2.56. The number of benzene rings is 4. The molecule has 2 atom stereocenters. The first kappa shape index (κ1) is 31.9. The van der Waals surface area contributed by atoms with Gasteiger partial charge in [-0.25, -0.2) is 4.68 Å². The number of amides is 1. The zero-order valence-corrected chi connectivity index (χ0v) is 29.0. The topological polar surface area (TPSA) is 47.9 Å². The summed E-state index contributed by atoms with van der Waals surface area (Å²) in [5.41, 5.74) is 5.05. The van der Waals surface area contributed by atoms with E-state index in [0.29, 0.717) is 0 Å². The van der Waals surface area contributed by atoms with Gasteiger partial charge in [-0.2, -0.15) is 5.10 Å². The number of hydrogen-bond donors (Lipinski definition) is 0. The molecule has 5 aromatic rings. The highest BCUT2D eigenvalue weighted by molar-refractivity contribution is 7.99. The van der Waals surface area contributed by atoms with Crippen LogP contribution in [-0.4, -0.2) is 93.4 Å². The minimum Gasteiger partial charge on any atom is -0.354 e. The molecule has 0 radical (unpaired) electrons. The summed E-state index contributed by atoms with van der Waals surface area (Å²) in [7, 11) is 0. The Balaban J connectivity index is 1.15. The number of piperazine rings is 1. The molecule has 2 unspecified atom stereocenters. The number of hydrogen-bond acceptors (Lipinski definition) is 6. The van der Waals surface area contributed by atoms with Crippen molar-refractivity contribution in [3.05, 3.63) is 150 Å². The summed E-state index contributed by atoms with van der Waals surface area (Å²) >= 11 is 1.86. The van der Waals surface area contributed by atoms with E-state index in [1.54, 1.807) is 0 Å². The molecule has 0 saturated carbocycles. The van der Waals surface area contributed by atoms with E-state index in [1.807, 2.05) is 17.8 Å². The molecule has 3 saturated heterocycles. The third kappa shape index (κ3) is 5.96. The zero-order valence-electron chi connectivity index (χ0n) is 28.1. The molecule has 0 bridgehead atoms. The summed E-state index contributed by atoms with van der Waals surface area (Å²) in [5, 5.41) is 4.85. The number of thioether (sulfide) groups is 1. The van der Waals surface area contributed by atoms with Crippen LogP contribution in [0.25, 0.3) is 5.69 Å². The number of anilines is 1. The lowest BCUT2D eigenvalue weighted by molar-refractivity contribution is -0.135. The van der Waals surface area contributed by atoms with Crippen molar-refractivity contribution in [3.63, 3.8) is 0 Å². The summed E-state index contributed by atoms with van der Waals surface area (Å²) in [5.74, 6) is 3.19. The van der Waals surface area contributed by atoms with Crippen molar-refractivity contribution in [2.75, 3.05) is 55.8 Å². The minimum atomic E-state index is -0.632. The standard InChI is InChI=1S/C41H44N6OS/c1-32-28-39(47(42-32)36-20-12-5-13-21-36)44-24-22-43(23-25-44)37-29-38(40(48)45-26-27-49-31-45)46(30-37)41(33-14-6-2-7-15-33,34-16-8-3-9-17-34)35-18-10-4-11-19-35/h2-21,28,37-38H,22-27,29-31H2,1H3. The van der Waals surface area contributed by atoms with Gasteiger partial charge in [0.15, 0.2) is 0 Å². The Bertz CT molecular complexity index is 1740. The highest BCUT2D eigenvalue weighted by atomic mass is 32.2. The van der Waals surface area contributed by atoms with Gasteiger partial charge in [0.1, 0.15) is 5.82 Å². The van der Waals surface area contributed by atoms with Crippen LogP contribution in [0.2, 0.25) is 0 Å². The molecule has 0 N–H and O–H groups in total. The number of likely N-dealkylation sites (tertiary alicyclic amines) is 1. The predicted octanol–water partition coefficient (Wildman–Crippen LogP) is 6.27. The number of aryl methyl sites for hydroxylation is 1. The normalized spacial score (nSPS) is 20.6. The predicted molar refractivity (Wildman–Crippen MR) is 199 cm³/mol. The van der Waals surface area contributed by atoms with E-state index in [2.05, 4.69) is 153 Å². The minimum absolute atomic E-state index is 0.246. The van der Waals surface area contributed by atoms with Crippen molar-refractivity contribution < 1.29 is 4.79 Å². The number of aromatic nitrogens is 2. The Morgan fingerprint density at radius 3 is 1.82 bits per heavy atom. The van der Waals surface area contributed by atoms with E-state index < -0.39 is 5.54 Å². The molecule has 8 rings (SSSR count). The molecule has 1 amide bonds. The molecule has 1 aromatic heterocycles. The Hall–Kier alpha value is -4.37. The Morgan fingerprint density at radius 2 is 1.29 bits per heavy atom. The Morgan fingerprint density at radius 1 is 0.735 bits per heavy atom. The van der Waals surface area contributed by atoms with E-state index in [-0.39, 0.29) is 18.0 Å². The number of carbonyl (C=O) groups excluding carboxylic acids is 1. The second kappa shape index (κ2) is 13.9. The fraction of sp³-hybridized carbons (Fsp3) is 0.317. The summed E-state index contributed by atoms with van der Waals surface area (Å²) in [6.45, 7) is 7.40. The smallest absolute Gasteiger partial charge is 0.240 e. The first-order chi connectivity index (χ1) is 24.1. The molecule has 49 heavy (non-hydrogen) atoms. The summed E-state index contributed by atoms with van der Waals surface area (Å²) in [4.78, 5) is 24.5. The van der Waals surface area contributed by atoms with Gasteiger partial charge in [0.2, 0.25) is 5.91 Å². The quantitative estimate of drug-likeness (QED) is 0.182. The van der Waals surface area contributed by atoms with E-state index in [4.69, 9.17) is 5.10 Å². The molecule has 3 aliphatic heterocycles. The van der Waals surface area contributed by atoms with Crippen LogP contribution in [0.4, 0.5) is 5.82 Å². The second-order valence-electron chi connectivity index (χ2n) is 13.4. The van der Waals surface area contributed by atoms with E-state index in [0.717, 1.165) is 74.5 Å². The SMILES string of the molecule is Cc1cc(N2CCN(C3CC(C(=O)N4CCSC4)N(C(c4ccccc4)(c4ccccc4)c4ccccc4)C3)CC2)n(-c2ccccc2)n1. The third-order valence-corrected chi connectivity index (χ3v) is 11.6. The van der Waals surface area contributed by atoms with Crippen molar-refractivity contribution in [3.8, 4) is 5.69 Å². The van der Waals surface area contributed by atoms with Crippen LogP contribution in [0.5, 0.6) is 0 Å². The zero-order chi connectivity index (χ0) is 33.2. The number of rotatable bonds is 8. The van der Waals surface area contributed by atoms with Crippen LogP contribution in [0.3, 0.4) is 0 Å². The van der Waals surface area contributed by atoms with Crippen LogP contribution >= 0.6 is 11.8 Å². The lowest BCUT2D eigenvalue weighted by Gasteiger charge is -2.47. The molecule has 4 heterocycles. The molecule has 0 aliphatic carbocycles. The fourth-order valence-electron chi connectivity index (χ4n) is 8.30. The van der Waals surface area contributed by atoms with E-state index >= 15 is 0 Å². The monoisotopic (exact) mass is 668 g/mol. The average Bonchev–Trinajstić information content (AvgIpc) is 3.95. The van der Waals surface area contributed by atoms with Crippen molar-refractivity contribution in [1.82, 2.24) is 24.5 Å². The van der Waals surface area contributed by atoms with E-state index in [9.17, 15) is 4.79 Å². The first-order valence-electron chi connectivity index (χ1n) is 17.5. The van der Waals surface area contributed by atoms with Gasteiger partial charge in [0, 0.05) is 57.1 Å². The van der Waals surface area contributed by atoms with Crippen LogP contribution in [-0.2, 0) is 10.3 Å². The largest absolute Gasteiger partial charge is 0.354 e. The average molecular weight is 669 g/mol. The molecule has 250 valence electrons. The van der Waals surface area contributed by atoms with Crippen molar-refractivity contribution in [1.29, 1.82) is 0 Å². The third-order valence-electron chi connectivity index (χ3n) is 10.6. The van der Waals surface area contributed by atoms with Crippen LogP contribution in [0, 0.1) is 6.92 Å². The maximum atomic E-state index is 14.7. The molecule has 3 aliphatic rings. The molecule has 4 aromatic carbocycles. The van der Waals surface area contributed by atoms with Crippen LogP contribution in [0.15, 0.2) is 127 Å². The fourth-order valence-corrected chi connectivity index (χ4v) is 9.26. The van der Waals surface area contributed by atoms with Gasteiger partial charge in [0.05, 0.1) is 28.8 Å².